The van der Waals surface area contributed by atoms with Gasteiger partial charge in [0.2, 0.25) is 0 Å². The Morgan fingerprint density at radius 3 is 0.717 bits per heavy atom. The Balaban J connectivity index is 5.16. The number of ether oxygens (including phenoxy) is 4. The lowest BCUT2D eigenvalue weighted by Gasteiger charge is -2.21. The van der Waals surface area contributed by atoms with Crippen molar-refractivity contribution < 1.29 is 80.2 Å². The Bertz CT molecular complexity index is 1890. The van der Waals surface area contributed by atoms with Crippen LogP contribution in [-0.2, 0) is 65.4 Å². The lowest BCUT2D eigenvalue weighted by atomic mass is 9.99. The molecule has 0 aromatic heterocycles. The van der Waals surface area contributed by atoms with Gasteiger partial charge in [-0.2, -0.15) is 0 Å². The Morgan fingerprint density at radius 2 is 0.485 bits per heavy atom. The summed E-state index contributed by atoms with van der Waals surface area (Å²) < 4.78 is 68.5. The van der Waals surface area contributed by atoms with Gasteiger partial charge < -0.3 is 33.8 Å². The minimum Gasteiger partial charge on any atom is -0.462 e. The number of carbonyl (C=O) groups is 4. The minimum atomic E-state index is -4.96. The molecule has 3 unspecified atom stereocenters. The molecule has 0 amide bonds. The molecule has 588 valence electrons. The van der Waals surface area contributed by atoms with E-state index < -0.39 is 97.5 Å². The van der Waals surface area contributed by atoms with Gasteiger partial charge in [0.05, 0.1) is 26.4 Å². The normalized spacial score (nSPS) is 14.1. The third-order valence-corrected chi connectivity index (χ3v) is 21.0. The fourth-order valence-corrected chi connectivity index (χ4v) is 14.0. The molecule has 3 N–H and O–H groups in total. The second-order valence-corrected chi connectivity index (χ2v) is 32.0. The first-order valence-electron chi connectivity index (χ1n) is 41.7. The number of carbonyl (C=O) groups excluding carboxylic acids is 4. The third-order valence-electron chi connectivity index (χ3n) is 19.1. The Hall–Kier alpha value is -1.94. The molecule has 0 rings (SSSR count). The van der Waals surface area contributed by atoms with Crippen LogP contribution in [0.4, 0.5) is 0 Å². The van der Waals surface area contributed by atoms with E-state index in [0.717, 1.165) is 102 Å². The van der Waals surface area contributed by atoms with Crippen molar-refractivity contribution in [3.05, 3.63) is 0 Å². The van der Waals surface area contributed by atoms with E-state index in [1.165, 1.54) is 244 Å². The predicted molar refractivity (Wildman–Crippen MR) is 405 cm³/mol. The third kappa shape index (κ3) is 72.8. The molecule has 6 atom stereocenters. The van der Waals surface area contributed by atoms with Crippen LogP contribution in [0.15, 0.2) is 0 Å². The summed E-state index contributed by atoms with van der Waals surface area (Å²) in [5, 5.41) is 10.6. The predicted octanol–water partition coefficient (Wildman–Crippen LogP) is 24.0. The highest BCUT2D eigenvalue weighted by Crippen LogP contribution is 2.45. The number of esters is 4. The van der Waals surface area contributed by atoms with Crippen molar-refractivity contribution in [1.82, 2.24) is 0 Å². The molecule has 0 aromatic carbocycles. The van der Waals surface area contributed by atoms with Crippen molar-refractivity contribution in [2.45, 2.75) is 445 Å². The van der Waals surface area contributed by atoms with E-state index in [4.69, 9.17) is 37.0 Å². The first-order chi connectivity index (χ1) is 48.1. The maximum absolute atomic E-state index is 13.1. The lowest BCUT2D eigenvalue weighted by Crippen LogP contribution is -2.30. The van der Waals surface area contributed by atoms with Crippen LogP contribution in [0.2, 0.25) is 0 Å². The molecule has 0 aliphatic rings. The van der Waals surface area contributed by atoms with Gasteiger partial charge in [-0.3, -0.25) is 37.3 Å². The van der Waals surface area contributed by atoms with Gasteiger partial charge in [0.25, 0.3) is 0 Å². The van der Waals surface area contributed by atoms with Gasteiger partial charge in [-0.15, -0.1) is 0 Å². The second kappa shape index (κ2) is 73.0. The van der Waals surface area contributed by atoms with Gasteiger partial charge in [0.15, 0.2) is 12.2 Å². The second-order valence-electron chi connectivity index (χ2n) is 29.1. The molecular weight excluding hydrogens is 1290 g/mol. The van der Waals surface area contributed by atoms with Gasteiger partial charge in [0, 0.05) is 25.7 Å². The van der Waals surface area contributed by atoms with Crippen molar-refractivity contribution in [1.29, 1.82) is 0 Å². The Morgan fingerprint density at radius 1 is 0.283 bits per heavy atom. The van der Waals surface area contributed by atoms with Gasteiger partial charge >= 0.3 is 39.5 Å². The van der Waals surface area contributed by atoms with E-state index in [9.17, 15) is 43.2 Å². The molecule has 0 radical (unpaired) electrons. The van der Waals surface area contributed by atoms with Crippen LogP contribution in [-0.4, -0.2) is 96.7 Å². The van der Waals surface area contributed by atoms with Gasteiger partial charge in [-0.25, -0.2) is 9.13 Å². The summed E-state index contributed by atoms with van der Waals surface area (Å²) in [7, 11) is -9.91. The Kier molecular flexibility index (Phi) is 71.6. The first kappa shape index (κ1) is 97.1. The number of aliphatic hydroxyl groups is 1. The fourth-order valence-electron chi connectivity index (χ4n) is 12.4. The minimum absolute atomic E-state index is 0.107. The number of unbranched alkanes of at least 4 members (excludes halogenated alkanes) is 51. The van der Waals surface area contributed by atoms with Crippen LogP contribution >= 0.6 is 15.6 Å². The molecule has 99 heavy (non-hydrogen) atoms. The van der Waals surface area contributed by atoms with E-state index in [1.807, 2.05) is 0 Å². The summed E-state index contributed by atoms with van der Waals surface area (Å²) in [6.45, 7) is 7.35. The molecule has 0 saturated heterocycles. The highest BCUT2D eigenvalue weighted by atomic mass is 31.2. The van der Waals surface area contributed by atoms with E-state index in [0.29, 0.717) is 25.7 Å². The fraction of sp³-hybridized carbons (Fsp3) is 0.950. The maximum atomic E-state index is 13.1. The van der Waals surface area contributed by atoms with Gasteiger partial charge in [-0.05, 0) is 31.6 Å². The first-order valence-corrected chi connectivity index (χ1v) is 44.7. The van der Waals surface area contributed by atoms with Gasteiger partial charge in [0.1, 0.15) is 19.3 Å². The molecule has 0 aliphatic heterocycles. The standard InChI is InChI=1S/C80H156O17P2/c1-6-10-13-16-19-22-24-25-26-27-31-34-37-41-44-49-54-59-64-78(83)91-70-76(97-80(85)66-61-56-51-46-42-38-35-32-29-28-30-33-36-40-43-47-52-57-62-73(5)9-4)72-95-99(88,89)93-68-74(81)67-92-98(86,87)94-71-75(69-90-77(82)63-58-53-48-21-18-15-12-8-3)96-79(84)65-60-55-50-45-39-23-20-17-14-11-7-2/h73-76,81H,6-72H2,1-5H3,(H,86,87)(H,88,89)/t73?,74-,75+,76+/m0/s1. The van der Waals surface area contributed by atoms with Crippen molar-refractivity contribution in [3.63, 3.8) is 0 Å². The average molecular weight is 1450 g/mol. The zero-order chi connectivity index (χ0) is 72.7. The van der Waals surface area contributed by atoms with Crippen molar-refractivity contribution in [2.75, 3.05) is 39.6 Å². The summed E-state index contributed by atoms with van der Waals surface area (Å²) in [5.74, 6) is -1.24. The summed E-state index contributed by atoms with van der Waals surface area (Å²) >= 11 is 0. The zero-order valence-electron chi connectivity index (χ0n) is 64.6. The monoisotopic (exact) mass is 1450 g/mol. The topological polar surface area (TPSA) is 237 Å². The molecule has 0 heterocycles. The van der Waals surface area contributed by atoms with E-state index in [1.54, 1.807) is 0 Å². The summed E-state index contributed by atoms with van der Waals surface area (Å²) in [5.41, 5.74) is 0. The molecule has 0 saturated carbocycles. The van der Waals surface area contributed by atoms with Crippen LogP contribution in [0.5, 0.6) is 0 Å². The van der Waals surface area contributed by atoms with Crippen LogP contribution in [0.1, 0.15) is 426 Å². The number of phosphoric acid groups is 2. The molecule has 0 aromatic rings. The molecule has 19 heteroatoms. The molecule has 0 bridgehead atoms. The zero-order valence-corrected chi connectivity index (χ0v) is 66.4. The van der Waals surface area contributed by atoms with Crippen LogP contribution in [0.25, 0.3) is 0 Å². The highest BCUT2D eigenvalue weighted by molar-refractivity contribution is 7.47. The smallest absolute Gasteiger partial charge is 0.462 e. The van der Waals surface area contributed by atoms with Crippen LogP contribution in [0.3, 0.4) is 0 Å². The average Bonchev–Trinajstić information content (AvgIpc) is 1.08. The van der Waals surface area contributed by atoms with E-state index >= 15 is 0 Å². The molecular formula is C80H156O17P2. The quantitative estimate of drug-likeness (QED) is 0.0222. The molecule has 0 fully saturated rings. The summed E-state index contributed by atoms with van der Waals surface area (Å²) in [6, 6.07) is 0. The van der Waals surface area contributed by atoms with Crippen molar-refractivity contribution >= 4 is 39.5 Å². The highest BCUT2D eigenvalue weighted by Gasteiger charge is 2.30. The number of hydrogen-bond donors (Lipinski definition) is 3. The largest absolute Gasteiger partial charge is 0.472 e. The van der Waals surface area contributed by atoms with Gasteiger partial charge in [-0.1, -0.05) is 375 Å². The number of hydrogen-bond acceptors (Lipinski definition) is 15. The number of rotatable bonds is 80. The Labute approximate surface area is 607 Å². The SMILES string of the molecule is CCCCCCCCCCCCCCCCCCCCC(=O)OC[C@H](COP(=O)(O)OC[C@@H](O)COP(=O)(O)OC[C@@H](COC(=O)CCCCCCCCCC)OC(=O)CCCCCCCCCCCCC)OC(=O)CCCCCCCCCCCCCCCCCCCCC(C)CC. The van der Waals surface area contributed by atoms with Crippen LogP contribution in [0, 0.1) is 5.92 Å². The number of phosphoric ester groups is 2. The van der Waals surface area contributed by atoms with E-state index in [-0.39, 0.29) is 25.7 Å². The van der Waals surface area contributed by atoms with Crippen molar-refractivity contribution in [3.8, 4) is 0 Å². The van der Waals surface area contributed by atoms with E-state index in [2.05, 4.69) is 34.6 Å². The molecule has 0 spiro atoms. The lowest BCUT2D eigenvalue weighted by molar-refractivity contribution is -0.161. The number of aliphatic hydroxyl groups excluding tert-OH is 1. The summed E-state index contributed by atoms with van der Waals surface area (Å²) in [4.78, 5) is 72.8. The molecule has 17 nitrogen and oxygen atoms in total. The maximum Gasteiger partial charge on any atom is 0.472 e. The van der Waals surface area contributed by atoms with Crippen molar-refractivity contribution in [2.24, 2.45) is 5.92 Å². The van der Waals surface area contributed by atoms with Crippen LogP contribution < -0.4 is 0 Å². The molecule has 0 aliphatic carbocycles. The summed E-state index contributed by atoms with van der Waals surface area (Å²) in [6.07, 6.45) is 63.9.